The number of carbonyl (C=O) groups excluding carboxylic acids is 1. The molecule has 0 fully saturated rings. The van der Waals surface area contributed by atoms with Crippen LogP contribution in [0.1, 0.15) is 33.6 Å². The van der Waals surface area contributed by atoms with E-state index in [1.165, 1.54) is 12.3 Å². The number of hydrogen-bond acceptors (Lipinski definition) is 4. The summed E-state index contributed by atoms with van der Waals surface area (Å²) in [5.74, 6) is -2.27. The maximum Gasteiger partial charge on any atom is 0.573 e. The molecule has 10 heteroatoms. The molecule has 0 aliphatic carbocycles. The lowest BCUT2D eigenvalue weighted by molar-refractivity contribution is -0.275. The number of nitrogens with zero attached hydrogens (tertiary/aromatic N) is 1. The second-order valence-corrected chi connectivity index (χ2v) is 8.32. The number of benzene rings is 2. The minimum Gasteiger partial charge on any atom is -0.491 e. The van der Waals surface area contributed by atoms with Crippen LogP contribution in [-0.4, -0.2) is 23.9 Å². The van der Waals surface area contributed by atoms with Crippen molar-refractivity contribution in [1.82, 2.24) is 10.3 Å². The fourth-order valence-corrected chi connectivity index (χ4v) is 4.01. The van der Waals surface area contributed by atoms with E-state index in [2.05, 4.69) is 31.0 Å². The number of hydrogen-bond donors (Lipinski definition) is 1. The van der Waals surface area contributed by atoms with Gasteiger partial charge in [-0.3, -0.25) is 9.78 Å². The Morgan fingerprint density at radius 1 is 1.21 bits per heavy atom. The summed E-state index contributed by atoms with van der Waals surface area (Å²) in [5, 5.41) is 2.94. The maximum atomic E-state index is 14.6. The van der Waals surface area contributed by atoms with Gasteiger partial charge >= 0.3 is 6.36 Å². The Hall–Kier alpha value is -3.14. The lowest BCUT2D eigenvalue weighted by Crippen LogP contribution is -2.50. The number of alkyl halides is 3. The molecule has 1 amide bonds. The Labute approximate surface area is 194 Å². The summed E-state index contributed by atoms with van der Waals surface area (Å²) in [7, 11) is 0. The van der Waals surface area contributed by atoms with Crippen molar-refractivity contribution in [2.45, 2.75) is 25.2 Å². The van der Waals surface area contributed by atoms with Crippen LogP contribution in [0.3, 0.4) is 0 Å². The zero-order chi connectivity index (χ0) is 23.8. The fourth-order valence-electron chi connectivity index (χ4n) is 3.76. The van der Waals surface area contributed by atoms with Gasteiger partial charge < -0.3 is 14.8 Å². The second kappa shape index (κ2) is 8.66. The van der Waals surface area contributed by atoms with Crippen molar-refractivity contribution in [3.05, 3.63) is 87.4 Å². The number of pyridine rings is 1. The van der Waals surface area contributed by atoms with Crippen molar-refractivity contribution < 1.29 is 31.8 Å². The third kappa shape index (κ3) is 4.66. The van der Waals surface area contributed by atoms with E-state index in [4.69, 9.17) is 4.74 Å². The van der Waals surface area contributed by atoms with Gasteiger partial charge in [-0.25, -0.2) is 4.39 Å². The molecular formula is C23H17BrF4N2O3. The van der Waals surface area contributed by atoms with Crippen molar-refractivity contribution in [3.63, 3.8) is 0 Å². The van der Waals surface area contributed by atoms with Gasteiger partial charge in [0.05, 0.1) is 6.61 Å². The summed E-state index contributed by atoms with van der Waals surface area (Å²) in [6, 6.07) is 11.4. The average Bonchev–Trinajstić information content (AvgIpc) is 2.76. The first kappa shape index (κ1) is 23.0. The van der Waals surface area contributed by atoms with Crippen LogP contribution in [0.2, 0.25) is 0 Å². The van der Waals surface area contributed by atoms with E-state index in [0.29, 0.717) is 17.0 Å². The number of amides is 1. The van der Waals surface area contributed by atoms with Crippen LogP contribution in [0.4, 0.5) is 17.6 Å². The van der Waals surface area contributed by atoms with Crippen LogP contribution in [0.5, 0.6) is 11.5 Å². The van der Waals surface area contributed by atoms with Crippen LogP contribution in [0.15, 0.2) is 59.2 Å². The van der Waals surface area contributed by atoms with E-state index in [1.807, 2.05) is 6.92 Å². The Balaban J connectivity index is 1.81. The predicted octanol–water partition coefficient (Wildman–Crippen LogP) is 5.65. The molecule has 0 saturated carbocycles. The molecule has 2 heterocycles. The van der Waals surface area contributed by atoms with Crippen LogP contribution >= 0.6 is 15.9 Å². The number of fused-ring (bicyclic) bond motifs is 1. The highest BCUT2D eigenvalue weighted by Gasteiger charge is 2.43. The van der Waals surface area contributed by atoms with Gasteiger partial charge in [-0.15, -0.1) is 13.2 Å². The third-order valence-electron chi connectivity index (χ3n) is 5.31. The molecule has 4 rings (SSSR count). The van der Waals surface area contributed by atoms with Gasteiger partial charge in [0.2, 0.25) is 0 Å². The number of carbonyl (C=O) groups is 1. The first-order valence-electron chi connectivity index (χ1n) is 9.82. The molecule has 33 heavy (non-hydrogen) atoms. The molecular weight excluding hydrogens is 508 g/mol. The quantitative estimate of drug-likeness (QED) is 0.448. The number of rotatable bonds is 4. The molecule has 1 aliphatic rings. The van der Waals surface area contributed by atoms with Gasteiger partial charge in [0.1, 0.15) is 17.0 Å². The summed E-state index contributed by atoms with van der Waals surface area (Å²) in [6.07, 6.45) is -3.37. The Bertz CT molecular complexity index is 1220. The smallest absolute Gasteiger partial charge is 0.491 e. The highest BCUT2D eigenvalue weighted by molar-refractivity contribution is 9.10. The number of aromatic nitrogens is 1. The van der Waals surface area contributed by atoms with Gasteiger partial charge in [0.15, 0.2) is 11.6 Å². The molecule has 2 aromatic carbocycles. The molecule has 1 atom stereocenters. The Morgan fingerprint density at radius 2 is 2.00 bits per heavy atom. The van der Waals surface area contributed by atoms with Crippen molar-refractivity contribution in [2.75, 3.05) is 6.61 Å². The third-order valence-corrected chi connectivity index (χ3v) is 6.20. The van der Waals surface area contributed by atoms with Crippen molar-refractivity contribution in [3.8, 4) is 11.5 Å². The Kier molecular flexibility index (Phi) is 6.04. The largest absolute Gasteiger partial charge is 0.573 e. The fraction of sp³-hybridized carbons (Fsp3) is 0.217. The standard InChI is InChI=1S/C23H17BrF4N2O3/c1-13-11-14(4-6-16(13)24)21(31)30-22(8-10-32-19-3-2-9-29-20(19)22)15-5-7-18(17(25)12-15)33-23(26,27)28/h2-7,9,11-12H,8,10H2,1H3,(H,30,31)/t22-/m0/s1. The highest BCUT2D eigenvalue weighted by atomic mass is 79.9. The molecule has 0 unspecified atom stereocenters. The van der Waals surface area contributed by atoms with Gasteiger partial charge in [0.25, 0.3) is 5.91 Å². The zero-order valence-corrected chi connectivity index (χ0v) is 18.8. The van der Waals surface area contributed by atoms with E-state index < -0.39 is 29.4 Å². The van der Waals surface area contributed by atoms with E-state index in [9.17, 15) is 22.4 Å². The minimum absolute atomic E-state index is 0.167. The van der Waals surface area contributed by atoms with Gasteiger partial charge in [-0.05, 0) is 60.5 Å². The van der Waals surface area contributed by atoms with Crippen LogP contribution in [0.25, 0.3) is 0 Å². The predicted molar refractivity (Wildman–Crippen MR) is 115 cm³/mol. The summed E-state index contributed by atoms with van der Waals surface area (Å²) < 4.78 is 62.7. The molecule has 0 saturated heterocycles. The first-order valence-corrected chi connectivity index (χ1v) is 10.6. The molecule has 1 aromatic heterocycles. The number of nitrogens with one attached hydrogen (secondary N) is 1. The lowest BCUT2D eigenvalue weighted by Gasteiger charge is -2.39. The molecule has 1 N–H and O–H groups in total. The van der Waals surface area contributed by atoms with Crippen molar-refractivity contribution >= 4 is 21.8 Å². The number of aryl methyl sites for hydroxylation is 1. The Morgan fingerprint density at radius 3 is 2.70 bits per heavy atom. The molecule has 0 radical (unpaired) electrons. The number of halogens is 5. The SMILES string of the molecule is Cc1cc(C(=O)N[C@]2(c3ccc(OC(F)(F)F)c(F)c3)CCOc3cccnc32)ccc1Br. The second-order valence-electron chi connectivity index (χ2n) is 7.47. The first-order chi connectivity index (χ1) is 15.6. The highest BCUT2D eigenvalue weighted by Crippen LogP contribution is 2.42. The molecule has 3 aromatic rings. The molecule has 0 bridgehead atoms. The van der Waals surface area contributed by atoms with Crippen molar-refractivity contribution in [1.29, 1.82) is 0 Å². The normalized spacial score (nSPS) is 17.6. The minimum atomic E-state index is -5.04. The summed E-state index contributed by atoms with van der Waals surface area (Å²) >= 11 is 3.39. The zero-order valence-electron chi connectivity index (χ0n) is 17.2. The van der Waals surface area contributed by atoms with E-state index in [0.717, 1.165) is 22.2 Å². The van der Waals surface area contributed by atoms with Crippen LogP contribution in [0, 0.1) is 12.7 Å². The molecule has 172 valence electrons. The van der Waals surface area contributed by atoms with Crippen LogP contribution in [-0.2, 0) is 5.54 Å². The van der Waals surface area contributed by atoms with Gasteiger partial charge in [-0.2, -0.15) is 0 Å². The van der Waals surface area contributed by atoms with E-state index in [-0.39, 0.29) is 18.6 Å². The van der Waals surface area contributed by atoms with Crippen LogP contribution < -0.4 is 14.8 Å². The van der Waals surface area contributed by atoms with Gasteiger partial charge in [0, 0.05) is 22.7 Å². The summed E-state index contributed by atoms with van der Waals surface area (Å²) in [6.45, 7) is 2.00. The van der Waals surface area contributed by atoms with Gasteiger partial charge in [-0.1, -0.05) is 22.0 Å². The molecule has 0 spiro atoms. The molecule has 5 nitrogen and oxygen atoms in total. The maximum absolute atomic E-state index is 14.6. The number of ether oxygens (including phenoxy) is 2. The van der Waals surface area contributed by atoms with Crippen molar-refractivity contribution in [2.24, 2.45) is 0 Å². The monoisotopic (exact) mass is 524 g/mol. The topological polar surface area (TPSA) is 60.5 Å². The van der Waals surface area contributed by atoms with E-state index >= 15 is 0 Å². The summed E-state index contributed by atoms with van der Waals surface area (Å²) in [5.41, 5.74) is 0.380. The summed E-state index contributed by atoms with van der Waals surface area (Å²) in [4.78, 5) is 17.6. The average molecular weight is 525 g/mol. The lowest BCUT2D eigenvalue weighted by atomic mass is 9.81. The molecule has 1 aliphatic heterocycles. The van der Waals surface area contributed by atoms with E-state index in [1.54, 1.807) is 30.3 Å².